The van der Waals surface area contributed by atoms with Gasteiger partial charge in [-0.15, -0.1) is 11.3 Å². The third kappa shape index (κ3) is 7.14. The predicted octanol–water partition coefficient (Wildman–Crippen LogP) is 1.22. The van der Waals surface area contributed by atoms with Gasteiger partial charge in [-0.05, 0) is 37.8 Å². The van der Waals surface area contributed by atoms with Crippen molar-refractivity contribution in [2.45, 2.75) is 50.0 Å². The Morgan fingerprint density at radius 1 is 1.19 bits per heavy atom. The van der Waals surface area contributed by atoms with Gasteiger partial charge in [-0.3, -0.25) is 19.8 Å². The number of pyridine rings is 1. The highest BCUT2D eigenvalue weighted by Crippen LogP contribution is 2.35. The van der Waals surface area contributed by atoms with E-state index in [1.54, 1.807) is 0 Å². The number of rotatable bonds is 10. The van der Waals surface area contributed by atoms with Crippen LogP contribution in [0.15, 0.2) is 29.9 Å². The summed E-state index contributed by atoms with van der Waals surface area (Å²) in [4.78, 5) is 48.8. The van der Waals surface area contributed by atoms with Crippen LogP contribution in [0.1, 0.15) is 63.3 Å². The lowest BCUT2D eigenvalue weighted by Crippen LogP contribution is -2.45. The fourth-order valence-corrected chi connectivity index (χ4v) is 5.58. The number of aromatic nitrogens is 3. The fraction of sp³-hybridized carbons (Fsp3) is 0.440. The van der Waals surface area contributed by atoms with Crippen LogP contribution in [0.3, 0.4) is 0 Å². The van der Waals surface area contributed by atoms with Crippen molar-refractivity contribution >= 4 is 40.7 Å². The summed E-state index contributed by atoms with van der Waals surface area (Å²) in [5.41, 5.74) is 10.8. The van der Waals surface area contributed by atoms with Gasteiger partial charge in [0.25, 0.3) is 11.8 Å². The van der Waals surface area contributed by atoms with Crippen LogP contribution in [0.2, 0.25) is 0 Å². The molecule has 1 fully saturated rings. The van der Waals surface area contributed by atoms with Crippen LogP contribution in [0.25, 0.3) is 5.65 Å². The van der Waals surface area contributed by atoms with E-state index in [-0.39, 0.29) is 41.5 Å². The summed E-state index contributed by atoms with van der Waals surface area (Å²) in [7, 11) is 1.47. The van der Waals surface area contributed by atoms with Crippen LogP contribution < -0.4 is 27.4 Å². The third-order valence-electron chi connectivity index (χ3n) is 6.73. The molecule has 0 spiro atoms. The molecule has 1 aliphatic heterocycles. The number of imidazole rings is 1. The Bertz CT molecular complexity index is 1470. The van der Waals surface area contributed by atoms with E-state index in [0.29, 0.717) is 37.2 Å². The molecule has 0 bridgehead atoms. The number of nitrogens with one attached hydrogen (secondary N) is 4. The Balaban J connectivity index is 1.46. The number of halogens is 3. The van der Waals surface area contributed by atoms with Gasteiger partial charge in [0.05, 0.1) is 11.6 Å². The largest absolute Gasteiger partial charge is 0.417 e. The summed E-state index contributed by atoms with van der Waals surface area (Å²) in [6.07, 6.45) is -0.509. The van der Waals surface area contributed by atoms with Gasteiger partial charge in [0.15, 0.2) is 5.96 Å². The highest BCUT2D eigenvalue weighted by molar-refractivity contribution is 7.09. The average molecular weight is 609 g/mol. The summed E-state index contributed by atoms with van der Waals surface area (Å²) < 4.78 is 40.5. The van der Waals surface area contributed by atoms with E-state index in [1.807, 2.05) is 0 Å². The number of likely N-dealkylation sites (N-methyl/N-ethyl adjacent to an activating group) is 1. The van der Waals surface area contributed by atoms with Crippen LogP contribution in [0.5, 0.6) is 0 Å². The lowest BCUT2D eigenvalue weighted by molar-refractivity contribution is -0.137. The number of hydrogen-bond acceptors (Lipinski definition) is 8. The first-order valence-corrected chi connectivity index (χ1v) is 13.9. The fourth-order valence-electron chi connectivity index (χ4n) is 4.65. The number of amides is 3. The Labute approximate surface area is 242 Å². The summed E-state index contributed by atoms with van der Waals surface area (Å²) in [6.45, 7) is 0.630. The van der Waals surface area contributed by atoms with E-state index in [4.69, 9.17) is 16.9 Å². The molecule has 42 heavy (non-hydrogen) atoms. The average Bonchev–Trinajstić information content (AvgIpc) is 3.68. The molecular formula is C25H31F3N10O3S. The lowest BCUT2D eigenvalue weighted by Gasteiger charge is -2.22. The van der Waals surface area contributed by atoms with Gasteiger partial charge in [0.2, 0.25) is 5.91 Å². The van der Waals surface area contributed by atoms with Crippen molar-refractivity contribution < 1.29 is 27.6 Å². The maximum Gasteiger partial charge on any atom is 0.417 e. The maximum absolute atomic E-state index is 13.4. The van der Waals surface area contributed by atoms with Crippen molar-refractivity contribution in [2.24, 2.45) is 11.5 Å². The van der Waals surface area contributed by atoms with Crippen molar-refractivity contribution in [1.82, 2.24) is 35.2 Å². The van der Waals surface area contributed by atoms with Crippen LogP contribution in [0, 0.1) is 5.41 Å². The number of carbonyl (C=O) groups is 3. The molecule has 0 aliphatic carbocycles. The van der Waals surface area contributed by atoms with Gasteiger partial charge < -0.3 is 36.7 Å². The minimum atomic E-state index is -4.54. The number of likely N-dealkylation sites (tertiary alicyclic amines) is 1. The quantitative estimate of drug-likeness (QED) is 0.112. The van der Waals surface area contributed by atoms with E-state index in [9.17, 15) is 27.6 Å². The molecule has 0 saturated carbocycles. The number of unbranched alkanes of at least 4 members (excludes halogenated alkanes) is 1. The van der Waals surface area contributed by atoms with Gasteiger partial charge in [0, 0.05) is 44.0 Å². The first-order valence-electron chi connectivity index (χ1n) is 13.1. The molecule has 13 nitrogen and oxygen atoms in total. The van der Waals surface area contributed by atoms with Crippen molar-refractivity contribution in [1.29, 1.82) is 5.41 Å². The lowest BCUT2D eigenvalue weighted by atomic mass is 10.1. The molecule has 226 valence electrons. The Hall–Kier alpha value is -4.25. The van der Waals surface area contributed by atoms with Gasteiger partial charge in [-0.1, -0.05) is 0 Å². The molecular weight excluding hydrogens is 577 g/mol. The SMILES string of the molecule is CNC(=O)[C@H](CCCCNC(=N)N)NC(=O)c1csc([C@@H]2C[C@@H](N)CN2C(=O)c2cn3cc(C(F)(F)F)ccc3n2)n1. The van der Waals surface area contributed by atoms with E-state index >= 15 is 0 Å². The number of nitrogens with two attached hydrogens (primary N) is 2. The molecule has 3 amide bonds. The Morgan fingerprint density at radius 3 is 2.64 bits per heavy atom. The number of thiazole rings is 1. The van der Waals surface area contributed by atoms with Gasteiger partial charge >= 0.3 is 6.18 Å². The molecule has 0 unspecified atom stereocenters. The highest BCUT2D eigenvalue weighted by atomic mass is 32.1. The predicted molar refractivity (Wildman–Crippen MR) is 148 cm³/mol. The minimum absolute atomic E-state index is 0.0464. The molecule has 4 rings (SSSR count). The van der Waals surface area contributed by atoms with E-state index in [2.05, 4.69) is 25.9 Å². The number of nitrogens with zero attached hydrogens (tertiary/aromatic N) is 4. The molecule has 3 atom stereocenters. The molecule has 0 aromatic carbocycles. The van der Waals surface area contributed by atoms with Gasteiger partial charge in [-0.2, -0.15) is 13.2 Å². The standard InChI is InChI=1S/C25H31F3N10O3S/c1-32-20(39)15(4-2-3-7-33-24(30)31)35-21(40)17-12-42-22(36-17)18-8-14(29)10-38(18)23(41)16-11-37-9-13(25(26,27)28)5-6-19(37)34-16/h5-6,9,11-12,14-15,18H,2-4,7-8,10,29H2,1H3,(H,32,39)(H,35,40)(H4,30,31,33)/t14-,15+,18+/m1/s1. The third-order valence-corrected chi connectivity index (χ3v) is 7.68. The number of fused-ring (bicyclic) bond motifs is 1. The summed E-state index contributed by atoms with van der Waals surface area (Å²) in [5.74, 6) is -1.60. The zero-order valence-corrected chi connectivity index (χ0v) is 23.4. The number of alkyl halides is 3. The van der Waals surface area contributed by atoms with E-state index in [0.717, 1.165) is 28.0 Å². The Kier molecular flexibility index (Phi) is 9.30. The first-order chi connectivity index (χ1) is 19.9. The zero-order valence-electron chi connectivity index (χ0n) is 22.6. The molecule has 3 aromatic heterocycles. The minimum Gasteiger partial charge on any atom is -0.370 e. The number of hydrogen-bond donors (Lipinski definition) is 6. The molecule has 1 saturated heterocycles. The molecule has 0 radical (unpaired) electrons. The number of guanidine groups is 1. The second-order valence-electron chi connectivity index (χ2n) is 9.82. The van der Waals surface area contributed by atoms with E-state index < -0.39 is 35.6 Å². The normalized spacial score (nSPS) is 17.7. The van der Waals surface area contributed by atoms with Gasteiger partial charge in [0.1, 0.15) is 28.1 Å². The Morgan fingerprint density at radius 2 is 1.95 bits per heavy atom. The first kappa shape index (κ1) is 30.7. The van der Waals surface area contributed by atoms with Crippen LogP contribution in [0.4, 0.5) is 13.2 Å². The monoisotopic (exact) mass is 608 g/mol. The van der Waals surface area contributed by atoms with E-state index in [1.165, 1.54) is 29.6 Å². The highest BCUT2D eigenvalue weighted by Gasteiger charge is 2.38. The summed E-state index contributed by atoms with van der Waals surface area (Å²) >= 11 is 1.16. The maximum atomic E-state index is 13.4. The van der Waals surface area contributed by atoms with Crippen molar-refractivity contribution in [3.05, 3.63) is 51.9 Å². The van der Waals surface area contributed by atoms with Crippen molar-refractivity contribution in [3.8, 4) is 0 Å². The van der Waals surface area contributed by atoms with Crippen molar-refractivity contribution in [2.75, 3.05) is 20.1 Å². The molecule has 1 aliphatic rings. The molecule has 3 aromatic rings. The van der Waals surface area contributed by atoms with Crippen LogP contribution in [-0.4, -0.2) is 75.2 Å². The summed E-state index contributed by atoms with van der Waals surface area (Å²) in [5, 5.41) is 17.1. The molecule has 4 heterocycles. The second kappa shape index (κ2) is 12.7. The summed E-state index contributed by atoms with van der Waals surface area (Å²) in [6, 6.07) is 0.319. The smallest absolute Gasteiger partial charge is 0.370 e. The van der Waals surface area contributed by atoms with Crippen molar-refractivity contribution in [3.63, 3.8) is 0 Å². The van der Waals surface area contributed by atoms with Crippen LogP contribution in [-0.2, 0) is 11.0 Å². The molecule has 17 heteroatoms. The second-order valence-corrected chi connectivity index (χ2v) is 10.7. The molecule has 8 N–H and O–H groups in total. The van der Waals surface area contributed by atoms with Gasteiger partial charge in [-0.25, -0.2) is 9.97 Å². The van der Waals surface area contributed by atoms with Crippen LogP contribution >= 0.6 is 11.3 Å². The number of carbonyl (C=O) groups excluding carboxylic acids is 3. The topological polar surface area (TPSA) is 197 Å². The zero-order chi connectivity index (χ0) is 30.6.